The summed E-state index contributed by atoms with van der Waals surface area (Å²) in [7, 11) is 0. The van der Waals surface area contributed by atoms with Crippen molar-refractivity contribution in [2.45, 2.75) is 45.2 Å². The van der Waals surface area contributed by atoms with Crippen molar-refractivity contribution in [1.82, 2.24) is 9.38 Å². The van der Waals surface area contributed by atoms with Crippen LogP contribution in [-0.4, -0.2) is 9.38 Å². The number of hydrogen-bond donors (Lipinski definition) is 0. The van der Waals surface area contributed by atoms with Crippen LogP contribution in [0.15, 0.2) is 60.7 Å². The topological polar surface area (TPSA) is 17.3 Å². The molecule has 0 N–H and O–H groups in total. The molecule has 0 unspecified atom stereocenters. The molecule has 0 spiro atoms. The Bertz CT molecular complexity index is 1780. The molecule has 1 aliphatic heterocycles. The zero-order valence-electron chi connectivity index (χ0n) is 26.0. The largest absolute Gasteiger partial charge is 0.336 e. The van der Waals surface area contributed by atoms with Gasteiger partial charge in [0.1, 0.15) is 0 Å². The smallest absolute Gasteiger partial charge is 0.0810 e. The molecule has 0 saturated carbocycles. The Hall–Kier alpha value is -2.48. The van der Waals surface area contributed by atoms with Gasteiger partial charge in [-0.2, -0.15) is 0 Å². The van der Waals surface area contributed by atoms with E-state index in [-0.39, 0.29) is 37.1 Å². The maximum absolute atomic E-state index is 8.82. The van der Waals surface area contributed by atoms with Gasteiger partial charge < -0.3 is 4.40 Å². The molecule has 3 heterocycles. The van der Waals surface area contributed by atoms with E-state index in [1.807, 2.05) is 6.07 Å². The number of rotatable bonds is 1. The fraction of sp³-hybridized carbons (Fsp3) is 0.250. The molecule has 31 heavy (non-hydrogen) atoms. The van der Waals surface area contributed by atoms with E-state index in [2.05, 4.69) is 6.07 Å². The summed E-state index contributed by atoms with van der Waals surface area (Å²) in [6.45, 7) is -5.21. The number of aromatic nitrogens is 2. The first-order valence-electron chi connectivity index (χ1n) is 14.4. The van der Waals surface area contributed by atoms with Gasteiger partial charge in [0.2, 0.25) is 0 Å². The van der Waals surface area contributed by atoms with Crippen molar-refractivity contribution >= 4 is 27.3 Å². The van der Waals surface area contributed by atoms with Crippen molar-refractivity contribution in [2.24, 2.45) is 0 Å². The fourth-order valence-corrected chi connectivity index (χ4v) is 4.88. The summed E-state index contributed by atoms with van der Waals surface area (Å²) in [5.74, 6) is 0. The van der Waals surface area contributed by atoms with E-state index in [1.54, 1.807) is 66.8 Å². The molecule has 2 aromatic heterocycles. The number of pyridine rings is 1. The second-order valence-corrected chi connectivity index (χ2v) is 8.55. The number of imidazole rings is 1. The predicted molar refractivity (Wildman–Crippen MR) is 125 cm³/mol. The van der Waals surface area contributed by atoms with Crippen LogP contribution in [0.5, 0.6) is 0 Å². The number of benzene rings is 3. The molecule has 0 bridgehead atoms. The third-order valence-corrected chi connectivity index (χ3v) is 6.64. The second kappa shape index (κ2) is 6.51. The molecule has 0 aliphatic carbocycles. The normalized spacial score (nSPS) is 21.7. The minimum atomic E-state index is -3.00. The van der Waals surface area contributed by atoms with Gasteiger partial charge in [0.05, 0.1) is 11.3 Å². The summed E-state index contributed by atoms with van der Waals surface area (Å²) >= 11 is 0. The molecule has 1 radical (unpaired) electrons. The Balaban J connectivity index is 0.00000323. The molecule has 5 aromatic rings. The summed E-state index contributed by atoms with van der Waals surface area (Å²) in [5, 5.41) is 1.51. The van der Waals surface area contributed by atoms with E-state index in [9.17, 15) is 0 Å². The second-order valence-electron chi connectivity index (χ2n) is 8.55. The Labute approximate surface area is 209 Å². The zero-order chi connectivity index (χ0) is 28.3. The zero-order valence-corrected chi connectivity index (χ0v) is 19.4. The summed E-state index contributed by atoms with van der Waals surface area (Å²) in [6, 6.07) is 20.4. The van der Waals surface area contributed by atoms with E-state index in [4.69, 9.17) is 17.3 Å². The molecular formula is C28H25IrN2-. The Morgan fingerprint density at radius 2 is 1.77 bits per heavy atom. The van der Waals surface area contributed by atoms with Crippen molar-refractivity contribution in [3.05, 3.63) is 83.6 Å². The Morgan fingerprint density at radius 3 is 2.52 bits per heavy atom. The van der Waals surface area contributed by atoms with Gasteiger partial charge in [-0.25, -0.2) is 0 Å². The van der Waals surface area contributed by atoms with Gasteiger partial charge in [-0.15, -0.1) is 29.7 Å². The van der Waals surface area contributed by atoms with Crippen LogP contribution in [0.4, 0.5) is 0 Å². The van der Waals surface area contributed by atoms with Crippen molar-refractivity contribution < 1.29 is 32.4 Å². The molecule has 157 valence electrons. The summed E-state index contributed by atoms with van der Waals surface area (Å²) < 4.78 is 79.5. The molecule has 0 saturated heterocycles. The third kappa shape index (κ3) is 2.39. The van der Waals surface area contributed by atoms with Gasteiger partial charge in [-0.1, -0.05) is 81.0 Å². The first-order valence-corrected chi connectivity index (χ1v) is 9.93. The van der Waals surface area contributed by atoms with E-state index in [1.165, 1.54) is 6.07 Å². The minimum Gasteiger partial charge on any atom is -0.336 e. The quantitative estimate of drug-likeness (QED) is 0.152. The van der Waals surface area contributed by atoms with Crippen LogP contribution in [0, 0.1) is 12.9 Å². The Morgan fingerprint density at radius 1 is 0.968 bits per heavy atom. The standard InChI is InChI=1S/C28H25N2.Ir/c1-17-15-16-21-24-22(17)19-13-9-10-14-20(19)26-29-23(18-11-7-6-8-12-18)25(30(24)26)28(4,5)27(21,2)3;/h6-13,15-16H,1-5H3;/q-1;/i1D3,4D3,5D3;. The van der Waals surface area contributed by atoms with E-state index >= 15 is 0 Å². The fourth-order valence-electron chi connectivity index (χ4n) is 4.88. The first kappa shape index (κ1) is 12.5. The van der Waals surface area contributed by atoms with Crippen LogP contribution >= 0.6 is 0 Å². The maximum Gasteiger partial charge on any atom is 0.0810 e. The van der Waals surface area contributed by atoms with E-state index in [0.29, 0.717) is 38.4 Å². The van der Waals surface area contributed by atoms with Crippen molar-refractivity contribution in [3.63, 3.8) is 0 Å². The molecule has 1 aliphatic rings. The van der Waals surface area contributed by atoms with Crippen LogP contribution < -0.4 is 0 Å². The van der Waals surface area contributed by atoms with Gasteiger partial charge >= 0.3 is 0 Å². The monoisotopic (exact) mass is 591 g/mol. The van der Waals surface area contributed by atoms with Crippen molar-refractivity contribution in [2.75, 3.05) is 0 Å². The summed E-state index contributed by atoms with van der Waals surface area (Å²) in [6.07, 6.45) is 0. The molecule has 2 nitrogen and oxygen atoms in total. The summed E-state index contributed by atoms with van der Waals surface area (Å²) in [5.41, 5.74) is -1.70. The van der Waals surface area contributed by atoms with Gasteiger partial charge in [0.25, 0.3) is 0 Å². The number of nitrogens with zero attached hydrogens (tertiary/aromatic N) is 2. The number of fused-ring (bicyclic) bond motifs is 3. The van der Waals surface area contributed by atoms with Gasteiger partial charge in [0.15, 0.2) is 0 Å². The Kier molecular flexibility index (Phi) is 2.63. The van der Waals surface area contributed by atoms with E-state index in [0.717, 1.165) is 0 Å². The average Bonchev–Trinajstić information content (AvgIpc) is 3.22. The SMILES string of the molecule is [2H]C([2H])([2H])c1ccc2c3c1c1ccc[c-]c1c1nc(-c4ccccc4)c(n13)C(C([2H])([2H])[2H])(C([2H])([2H])[2H])C2(C)C.[Ir]. The van der Waals surface area contributed by atoms with E-state index < -0.39 is 31.4 Å². The molecule has 0 amide bonds. The van der Waals surface area contributed by atoms with Gasteiger partial charge in [0, 0.05) is 60.0 Å². The molecule has 0 atom stereocenters. The van der Waals surface area contributed by atoms with Crippen molar-refractivity contribution in [3.8, 4) is 11.3 Å². The molecular weight excluding hydrogens is 557 g/mol. The van der Waals surface area contributed by atoms with Crippen LogP contribution in [0.1, 0.15) is 56.7 Å². The summed E-state index contributed by atoms with van der Waals surface area (Å²) in [4.78, 5) is 4.94. The van der Waals surface area contributed by atoms with Crippen LogP contribution in [0.25, 0.3) is 38.6 Å². The van der Waals surface area contributed by atoms with Crippen molar-refractivity contribution in [1.29, 1.82) is 0 Å². The maximum atomic E-state index is 8.82. The van der Waals surface area contributed by atoms with Gasteiger partial charge in [-0.3, -0.25) is 4.98 Å². The van der Waals surface area contributed by atoms with Crippen LogP contribution in [-0.2, 0) is 30.9 Å². The average molecular weight is 591 g/mol. The molecule has 6 rings (SSSR count). The molecule has 0 fully saturated rings. The number of hydrogen-bond acceptors (Lipinski definition) is 1. The minimum absolute atomic E-state index is 0. The predicted octanol–water partition coefficient (Wildman–Crippen LogP) is 6.98. The van der Waals surface area contributed by atoms with Crippen LogP contribution in [0.2, 0.25) is 0 Å². The number of aryl methyl sites for hydroxylation is 1. The first-order chi connectivity index (χ1) is 18.0. The van der Waals surface area contributed by atoms with Gasteiger partial charge in [-0.05, 0) is 17.8 Å². The molecule has 3 heteroatoms. The molecule has 3 aromatic carbocycles. The third-order valence-electron chi connectivity index (χ3n) is 6.64. The van der Waals surface area contributed by atoms with Crippen LogP contribution in [0.3, 0.4) is 0 Å².